The van der Waals surface area contributed by atoms with Crippen LogP contribution in [-0.2, 0) is 4.43 Å². The molecule has 1 aromatic rings. The third kappa shape index (κ3) is 9.29. The highest BCUT2D eigenvalue weighted by molar-refractivity contribution is 7.09. The van der Waals surface area contributed by atoms with Gasteiger partial charge in [-0.1, -0.05) is 39.3 Å². The maximum absolute atomic E-state index is 9.20. The molecule has 0 aliphatic carbocycles. The van der Waals surface area contributed by atoms with Crippen molar-refractivity contribution >= 4 is 25.7 Å². The monoisotopic (exact) mass is 437 g/mol. The van der Waals surface area contributed by atoms with E-state index >= 15 is 0 Å². The van der Waals surface area contributed by atoms with E-state index in [2.05, 4.69) is 77.2 Å². The lowest BCUT2D eigenvalue weighted by Crippen LogP contribution is -2.44. The van der Waals surface area contributed by atoms with Gasteiger partial charge in [0.25, 0.3) is 0 Å². The second-order valence-electron chi connectivity index (χ2n) is 10.0. The Morgan fingerprint density at radius 1 is 1.31 bits per heavy atom. The topological polar surface area (TPSA) is 42.4 Å². The average Bonchev–Trinajstić information content (AvgIpc) is 3.01. The van der Waals surface area contributed by atoms with Crippen LogP contribution in [0.2, 0.25) is 18.1 Å². The SMILES string of the molecule is CC(=CC[C@H](O[Si](C)(C)C(C)(C)C)/C(C)=C/c1csc(C)n1)CCCC(C)CO. The predicted octanol–water partition coefficient (Wildman–Crippen LogP) is 7.38. The van der Waals surface area contributed by atoms with Crippen molar-refractivity contribution in [3.63, 3.8) is 0 Å². The van der Waals surface area contributed by atoms with E-state index in [-0.39, 0.29) is 17.7 Å². The van der Waals surface area contributed by atoms with Gasteiger partial charge < -0.3 is 9.53 Å². The van der Waals surface area contributed by atoms with Crippen LogP contribution in [0, 0.1) is 12.8 Å². The van der Waals surface area contributed by atoms with Crippen LogP contribution in [-0.4, -0.2) is 31.1 Å². The summed E-state index contributed by atoms with van der Waals surface area (Å²) >= 11 is 1.69. The number of aryl methyl sites for hydroxylation is 1. The minimum atomic E-state index is -1.88. The number of nitrogens with zero attached hydrogens (tertiary/aromatic N) is 1. The summed E-state index contributed by atoms with van der Waals surface area (Å²) in [7, 11) is -1.88. The van der Waals surface area contributed by atoms with E-state index in [1.165, 1.54) is 11.1 Å². The largest absolute Gasteiger partial charge is 0.410 e. The van der Waals surface area contributed by atoms with Gasteiger partial charge in [0.15, 0.2) is 8.32 Å². The van der Waals surface area contributed by atoms with Crippen LogP contribution in [0.1, 0.15) is 77.9 Å². The number of rotatable bonds is 11. The van der Waals surface area contributed by atoms with Crippen LogP contribution in [0.5, 0.6) is 0 Å². The molecular weight excluding hydrogens is 394 g/mol. The van der Waals surface area contributed by atoms with E-state index in [4.69, 9.17) is 4.43 Å². The first-order chi connectivity index (χ1) is 13.4. The quantitative estimate of drug-likeness (QED) is 0.290. The van der Waals surface area contributed by atoms with Crippen molar-refractivity contribution < 1.29 is 9.53 Å². The van der Waals surface area contributed by atoms with Gasteiger partial charge in [-0.25, -0.2) is 4.98 Å². The average molecular weight is 438 g/mol. The molecule has 0 amide bonds. The Morgan fingerprint density at radius 3 is 2.48 bits per heavy atom. The van der Waals surface area contributed by atoms with Crippen molar-refractivity contribution in [1.29, 1.82) is 0 Å². The maximum Gasteiger partial charge on any atom is 0.192 e. The molecule has 1 N–H and O–H groups in total. The van der Waals surface area contributed by atoms with Gasteiger partial charge in [-0.15, -0.1) is 11.3 Å². The number of hydrogen-bond acceptors (Lipinski definition) is 4. The highest BCUT2D eigenvalue weighted by atomic mass is 32.1. The standard InChI is InChI=1S/C24H43NO2SSi/c1-18(11-10-12-19(2)16-26)13-14-23(27-29(8,9)24(5,6)7)20(3)15-22-17-28-21(4)25-22/h13,15,17,19,23,26H,10-12,14,16H2,1-9H3/b18-13?,20-15+/t19?,23-/m0/s1. The molecule has 166 valence electrons. The van der Waals surface area contributed by atoms with Crippen LogP contribution in [0.3, 0.4) is 0 Å². The Hall–Kier alpha value is -0.753. The molecular formula is C24H43NO2SSi. The van der Waals surface area contributed by atoms with Crippen molar-refractivity contribution in [3.05, 3.63) is 33.3 Å². The van der Waals surface area contributed by atoms with Gasteiger partial charge in [0.1, 0.15) is 0 Å². The predicted molar refractivity (Wildman–Crippen MR) is 131 cm³/mol. The number of hydrogen-bond donors (Lipinski definition) is 1. The Balaban J connectivity index is 2.92. The molecule has 0 saturated heterocycles. The molecule has 0 spiro atoms. The first kappa shape index (κ1) is 26.3. The first-order valence-corrected chi connectivity index (χ1v) is 14.7. The third-order valence-corrected chi connectivity index (χ3v) is 11.3. The fourth-order valence-corrected chi connectivity index (χ4v) is 4.78. The lowest BCUT2D eigenvalue weighted by Gasteiger charge is -2.39. The van der Waals surface area contributed by atoms with E-state index in [9.17, 15) is 5.11 Å². The first-order valence-electron chi connectivity index (χ1n) is 10.9. The summed E-state index contributed by atoms with van der Waals surface area (Å²) in [5, 5.41) is 12.6. The molecule has 1 rings (SSSR count). The van der Waals surface area contributed by atoms with Gasteiger partial charge in [-0.3, -0.25) is 0 Å². The molecule has 29 heavy (non-hydrogen) atoms. The molecule has 1 heterocycles. The summed E-state index contributed by atoms with van der Waals surface area (Å²) in [6.45, 7) is 20.4. The molecule has 0 fully saturated rings. The highest BCUT2D eigenvalue weighted by Gasteiger charge is 2.39. The van der Waals surface area contributed by atoms with Crippen molar-refractivity contribution in [2.24, 2.45) is 5.92 Å². The minimum Gasteiger partial charge on any atom is -0.410 e. The molecule has 0 aromatic carbocycles. The van der Waals surface area contributed by atoms with Crippen molar-refractivity contribution in [1.82, 2.24) is 4.98 Å². The third-order valence-electron chi connectivity index (χ3n) is 6.02. The van der Waals surface area contributed by atoms with Crippen LogP contribution >= 0.6 is 11.3 Å². The maximum atomic E-state index is 9.20. The number of aromatic nitrogens is 1. The van der Waals surface area contributed by atoms with Gasteiger partial charge in [-0.05, 0) is 82.2 Å². The van der Waals surface area contributed by atoms with E-state index in [0.717, 1.165) is 36.4 Å². The summed E-state index contributed by atoms with van der Waals surface area (Å²) in [6, 6.07) is 0. The molecule has 1 aromatic heterocycles. The Morgan fingerprint density at radius 2 is 1.97 bits per heavy atom. The van der Waals surface area contributed by atoms with Crippen LogP contribution < -0.4 is 0 Å². The van der Waals surface area contributed by atoms with Crippen molar-refractivity contribution in [3.8, 4) is 0 Å². The second-order valence-corrected chi connectivity index (χ2v) is 15.8. The molecule has 1 unspecified atom stereocenters. The van der Waals surface area contributed by atoms with E-state index in [0.29, 0.717) is 5.92 Å². The zero-order valence-corrected chi connectivity index (χ0v) is 21.9. The smallest absolute Gasteiger partial charge is 0.192 e. The van der Waals surface area contributed by atoms with Gasteiger partial charge in [0.2, 0.25) is 0 Å². The van der Waals surface area contributed by atoms with Gasteiger partial charge >= 0.3 is 0 Å². The van der Waals surface area contributed by atoms with Gasteiger partial charge in [0.05, 0.1) is 16.8 Å². The number of allylic oxidation sites excluding steroid dienone is 1. The summed E-state index contributed by atoms with van der Waals surface area (Å²) in [5.74, 6) is 0.393. The lowest BCUT2D eigenvalue weighted by atomic mass is 10.0. The Labute approximate surface area is 184 Å². The zero-order valence-electron chi connectivity index (χ0n) is 20.1. The molecule has 0 aliphatic rings. The summed E-state index contributed by atoms with van der Waals surface area (Å²) in [5.41, 5.74) is 3.70. The van der Waals surface area contributed by atoms with E-state index in [1.807, 2.05) is 6.92 Å². The summed E-state index contributed by atoms with van der Waals surface area (Å²) in [6.07, 6.45) is 8.82. The number of aliphatic hydroxyl groups is 1. The van der Waals surface area contributed by atoms with E-state index < -0.39 is 8.32 Å². The van der Waals surface area contributed by atoms with Crippen molar-refractivity contribution in [2.45, 2.75) is 98.4 Å². The fourth-order valence-electron chi connectivity index (χ4n) is 2.86. The number of thiazole rings is 1. The molecule has 2 atom stereocenters. The minimum absolute atomic E-state index is 0.0872. The van der Waals surface area contributed by atoms with Gasteiger partial charge in [-0.2, -0.15) is 0 Å². The van der Waals surface area contributed by atoms with Crippen molar-refractivity contribution in [2.75, 3.05) is 6.61 Å². The van der Waals surface area contributed by atoms with Crippen LogP contribution in [0.15, 0.2) is 22.6 Å². The van der Waals surface area contributed by atoms with E-state index in [1.54, 1.807) is 11.3 Å². The molecule has 5 heteroatoms. The molecule has 3 nitrogen and oxygen atoms in total. The Bertz CT molecular complexity index is 685. The number of aliphatic hydroxyl groups excluding tert-OH is 1. The molecule has 0 bridgehead atoms. The molecule has 0 aliphatic heterocycles. The zero-order chi connectivity index (χ0) is 22.2. The fraction of sp³-hybridized carbons (Fsp3) is 0.708. The van der Waals surface area contributed by atoms with Crippen LogP contribution in [0.25, 0.3) is 6.08 Å². The highest BCUT2D eigenvalue weighted by Crippen LogP contribution is 2.38. The van der Waals surface area contributed by atoms with Crippen LogP contribution in [0.4, 0.5) is 0 Å². The second kappa shape index (κ2) is 11.6. The lowest BCUT2D eigenvalue weighted by molar-refractivity contribution is 0.217. The van der Waals surface area contributed by atoms with Gasteiger partial charge in [0, 0.05) is 12.0 Å². The summed E-state index contributed by atoms with van der Waals surface area (Å²) < 4.78 is 6.82. The normalized spacial score (nSPS) is 16.2. The molecule has 0 saturated carbocycles. The summed E-state index contributed by atoms with van der Waals surface area (Å²) in [4.78, 5) is 4.60. The molecule has 0 radical (unpaired) electrons. The Kier molecular flexibility index (Phi) is 10.5.